The van der Waals surface area contributed by atoms with Crippen LogP contribution in [0.15, 0.2) is 77.8 Å². The molecule has 180 valence electrons. The van der Waals surface area contributed by atoms with E-state index in [0.717, 1.165) is 21.0 Å². The van der Waals surface area contributed by atoms with Gasteiger partial charge >= 0.3 is 5.97 Å². The van der Waals surface area contributed by atoms with Gasteiger partial charge in [-0.05, 0) is 62.2 Å². The van der Waals surface area contributed by atoms with E-state index < -0.39 is 28.4 Å². The minimum absolute atomic E-state index is 0.0858. The largest absolute Gasteiger partial charge is 0.465 e. The fraction of sp³-hybridized carbons (Fsp3) is 0.185. The average molecular weight is 491 g/mol. The van der Waals surface area contributed by atoms with Crippen LogP contribution in [0.1, 0.15) is 31.8 Å². The molecule has 8 heteroatoms. The molecule has 3 aromatic carbocycles. The van der Waals surface area contributed by atoms with E-state index in [2.05, 4.69) is 0 Å². The molecule has 4 rings (SSSR count). The molecule has 0 fully saturated rings. The van der Waals surface area contributed by atoms with Crippen molar-refractivity contribution in [1.29, 1.82) is 0 Å². The number of fused-ring (bicyclic) bond motifs is 1. The van der Waals surface area contributed by atoms with E-state index in [-0.39, 0.29) is 10.5 Å². The summed E-state index contributed by atoms with van der Waals surface area (Å²) in [5, 5.41) is 0.548. The second kappa shape index (κ2) is 9.38. The van der Waals surface area contributed by atoms with Crippen LogP contribution in [0.5, 0.6) is 0 Å². The van der Waals surface area contributed by atoms with Gasteiger partial charge in [-0.3, -0.25) is 13.7 Å². The van der Waals surface area contributed by atoms with E-state index in [9.17, 15) is 18.0 Å². The summed E-state index contributed by atoms with van der Waals surface area (Å²) in [6.45, 7) is 5.16. The lowest BCUT2D eigenvalue weighted by atomic mass is 10.1. The van der Waals surface area contributed by atoms with Crippen molar-refractivity contribution in [3.05, 3.63) is 95.2 Å². The van der Waals surface area contributed by atoms with Crippen LogP contribution in [0.25, 0.3) is 10.9 Å². The molecule has 0 saturated heterocycles. The van der Waals surface area contributed by atoms with Gasteiger partial charge in [0, 0.05) is 11.6 Å². The molecule has 0 aliphatic rings. The molecule has 0 atom stereocenters. The highest BCUT2D eigenvalue weighted by Crippen LogP contribution is 2.28. The summed E-state index contributed by atoms with van der Waals surface area (Å²) in [5.74, 6) is -1.09. The number of aromatic nitrogens is 1. The Kier molecular flexibility index (Phi) is 6.49. The molecule has 4 aromatic rings. The van der Waals surface area contributed by atoms with Crippen molar-refractivity contribution in [2.75, 3.05) is 18.0 Å². The number of aryl methyl sites for hydroxylation is 3. The molecule has 0 unspecified atom stereocenters. The van der Waals surface area contributed by atoms with Crippen LogP contribution in [0.2, 0.25) is 0 Å². The van der Waals surface area contributed by atoms with E-state index in [0.29, 0.717) is 16.6 Å². The standard InChI is InChI=1S/C27H26N2O5S/c1-18-9-11-22(12-10-18)35(32,33)29(21-14-19(2)13-20(3)15-21)17-26(30)28-16-24(27(31)34-4)23-7-5-6-8-25(23)28/h5-16H,17H2,1-4H3. The summed E-state index contributed by atoms with van der Waals surface area (Å²) in [5.41, 5.74) is 3.78. The molecule has 0 bridgehead atoms. The molecule has 35 heavy (non-hydrogen) atoms. The van der Waals surface area contributed by atoms with Crippen LogP contribution in [-0.2, 0) is 14.8 Å². The number of anilines is 1. The second-order valence-electron chi connectivity index (χ2n) is 8.49. The minimum Gasteiger partial charge on any atom is -0.465 e. The molecular formula is C27H26N2O5S. The van der Waals surface area contributed by atoms with Crippen molar-refractivity contribution >= 4 is 38.5 Å². The lowest BCUT2D eigenvalue weighted by molar-refractivity contribution is 0.0603. The maximum absolute atomic E-state index is 13.7. The number of hydrogen-bond acceptors (Lipinski definition) is 5. The predicted octanol–water partition coefficient (Wildman–Crippen LogP) is 4.89. The number of para-hydroxylation sites is 1. The Balaban J connectivity index is 1.83. The van der Waals surface area contributed by atoms with Crippen molar-refractivity contribution in [2.24, 2.45) is 0 Å². The number of hydrogen-bond donors (Lipinski definition) is 0. The van der Waals surface area contributed by atoms with E-state index in [4.69, 9.17) is 4.74 Å². The first kappa shape index (κ1) is 24.2. The molecule has 0 radical (unpaired) electrons. The van der Waals surface area contributed by atoms with Crippen molar-refractivity contribution in [1.82, 2.24) is 4.57 Å². The smallest absolute Gasteiger partial charge is 0.340 e. The Morgan fingerprint density at radius 1 is 0.886 bits per heavy atom. The van der Waals surface area contributed by atoms with Gasteiger partial charge in [-0.25, -0.2) is 13.2 Å². The highest BCUT2D eigenvalue weighted by atomic mass is 32.2. The number of carbonyl (C=O) groups is 2. The highest BCUT2D eigenvalue weighted by Gasteiger charge is 2.29. The van der Waals surface area contributed by atoms with Gasteiger partial charge in [-0.2, -0.15) is 0 Å². The topological polar surface area (TPSA) is 85.7 Å². The van der Waals surface area contributed by atoms with Gasteiger partial charge in [-0.15, -0.1) is 0 Å². The fourth-order valence-corrected chi connectivity index (χ4v) is 5.50. The van der Waals surface area contributed by atoms with Crippen LogP contribution in [-0.4, -0.2) is 38.5 Å². The van der Waals surface area contributed by atoms with Gasteiger partial charge < -0.3 is 4.74 Å². The zero-order chi connectivity index (χ0) is 25.3. The van der Waals surface area contributed by atoms with Gasteiger partial charge in [0.25, 0.3) is 15.9 Å². The van der Waals surface area contributed by atoms with Gasteiger partial charge in [0.2, 0.25) is 0 Å². The van der Waals surface area contributed by atoms with Crippen LogP contribution in [0, 0.1) is 20.8 Å². The molecule has 1 heterocycles. The summed E-state index contributed by atoms with van der Waals surface area (Å²) in [4.78, 5) is 26.0. The third-order valence-corrected chi connectivity index (χ3v) is 7.56. The summed E-state index contributed by atoms with van der Waals surface area (Å²) >= 11 is 0. The summed E-state index contributed by atoms with van der Waals surface area (Å²) in [6, 6.07) is 18.8. The van der Waals surface area contributed by atoms with Crippen molar-refractivity contribution in [2.45, 2.75) is 25.7 Å². The Hall–Kier alpha value is -3.91. The average Bonchev–Trinajstić information content (AvgIpc) is 3.21. The molecule has 0 saturated carbocycles. The Labute approximate surface area is 204 Å². The number of esters is 1. The zero-order valence-electron chi connectivity index (χ0n) is 20.0. The third-order valence-electron chi connectivity index (χ3n) is 5.77. The van der Waals surface area contributed by atoms with Gasteiger partial charge in [-0.1, -0.05) is 42.0 Å². The van der Waals surface area contributed by atoms with E-state index in [1.807, 2.05) is 26.8 Å². The maximum Gasteiger partial charge on any atom is 0.340 e. The molecule has 0 aliphatic carbocycles. The van der Waals surface area contributed by atoms with Crippen LogP contribution < -0.4 is 4.31 Å². The number of rotatable bonds is 6. The van der Waals surface area contributed by atoms with Crippen LogP contribution in [0.3, 0.4) is 0 Å². The molecule has 7 nitrogen and oxygen atoms in total. The normalized spacial score (nSPS) is 11.4. The minimum atomic E-state index is -4.07. The monoisotopic (exact) mass is 490 g/mol. The fourth-order valence-electron chi connectivity index (χ4n) is 4.10. The zero-order valence-corrected chi connectivity index (χ0v) is 20.8. The summed E-state index contributed by atoms with van der Waals surface area (Å²) in [6.07, 6.45) is 1.40. The number of carbonyl (C=O) groups excluding carboxylic acids is 2. The predicted molar refractivity (Wildman–Crippen MR) is 136 cm³/mol. The van der Waals surface area contributed by atoms with Crippen LogP contribution >= 0.6 is 0 Å². The summed E-state index contributed by atoms with van der Waals surface area (Å²) in [7, 11) is -2.80. The second-order valence-corrected chi connectivity index (χ2v) is 10.3. The summed E-state index contributed by atoms with van der Waals surface area (Å²) < 4.78 is 34.8. The third kappa shape index (κ3) is 4.70. The first-order valence-electron chi connectivity index (χ1n) is 11.0. The first-order valence-corrected chi connectivity index (χ1v) is 12.4. The van der Waals surface area contributed by atoms with Crippen LogP contribution in [0.4, 0.5) is 5.69 Å². The molecule has 1 aromatic heterocycles. The molecule has 0 spiro atoms. The van der Waals surface area contributed by atoms with Gasteiger partial charge in [0.05, 0.1) is 28.8 Å². The van der Waals surface area contributed by atoms with E-state index >= 15 is 0 Å². The highest BCUT2D eigenvalue weighted by molar-refractivity contribution is 7.92. The lowest BCUT2D eigenvalue weighted by Gasteiger charge is -2.25. The molecule has 0 N–H and O–H groups in total. The van der Waals surface area contributed by atoms with Crippen molar-refractivity contribution in [3.63, 3.8) is 0 Å². The Bertz CT molecular complexity index is 1520. The Morgan fingerprint density at radius 2 is 1.51 bits per heavy atom. The molecular weight excluding hydrogens is 464 g/mol. The maximum atomic E-state index is 13.7. The Morgan fingerprint density at radius 3 is 2.14 bits per heavy atom. The number of benzene rings is 3. The van der Waals surface area contributed by atoms with E-state index in [1.54, 1.807) is 48.5 Å². The van der Waals surface area contributed by atoms with E-state index in [1.165, 1.54) is 30.0 Å². The van der Waals surface area contributed by atoms with Gasteiger partial charge in [0.15, 0.2) is 0 Å². The lowest BCUT2D eigenvalue weighted by Crippen LogP contribution is -2.37. The molecule has 0 amide bonds. The molecule has 0 aliphatic heterocycles. The number of sulfonamides is 1. The number of methoxy groups -OCH3 is 1. The number of nitrogens with zero attached hydrogens (tertiary/aromatic N) is 2. The first-order chi connectivity index (χ1) is 16.6. The SMILES string of the molecule is COC(=O)c1cn(C(=O)CN(c2cc(C)cc(C)c2)S(=O)(=O)c2ccc(C)cc2)c2ccccc12. The van der Waals surface area contributed by atoms with Crippen molar-refractivity contribution < 1.29 is 22.7 Å². The van der Waals surface area contributed by atoms with Gasteiger partial charge in [0.1, 0.15) is 6.54 Å². The van der Waals surface area contributed by atoms with Crippen molar-refractivity contribution in [3.8, 4) is 0 Å². The quantitative estimate of drug-likeness (QED) is 0.359. The number of ether oxygens (including phenoxy) is 1.